The first-order valence-electron chi connectivity index (χ1n) is 7.89. The van der Waals surface area contributed by atoms with Crippen LogP contribution in [0.5, 0.6) is 0 Å². The first kappa shape index (κ1) is 15.3. The van der Waals surface area contributed by atoms with E-state index in [1.807, 2.05) is 24.1 Å². The summed E-state index contributed by atoms with van der Waals surface area (Å²) in [4.78, 5) is 28.4. The van der Waals surface area contributed by atoms with E-state index in [0.717, 1.165) is 18.5 Å². The quantitative estimate of drug-likeness (QED) is 0.858. The summed E-state index contributed by atoms with van der Waals surface area (Å²) < 4.78 is 0. The molecule has 1 saturated carbocycles. The van der Waals surface area contributed by atoms with Crippen molar-refractivity contribution in [1.82, 2.24) is 4.90 Å². The maximum Gasteiger partial charge on any atom is 0.228 e. The van der Waals surface area contributed by atoms with E-state index < -0.39 is 0 Å². The van der Waals surface area contributed by atoms with Crippen LogP contribution in [-0.4, -0.2) is 36.3 Å². The standard InChI is InChI=1S/C17H21ClN2O2/c1-19(14-6-2-3-7-14)17(22)12-9-16(21)20(11-12)15-8-4-5-13(18)10-15/h4-5,8,10,12,14H,2-3,6-7,9,11H2,1H3/t12-/m1/s1. The summed E-state index contributed by atoms with van der Waals surface area (Å²) in [5.41, 5.74) is 0.774. The van der Waals surface area contributed by atoms with Gasteiger partial charge in [-0.15, -0.1) is 0 Å². The van der Waals surface area contributed by atoms with Crippen molar-refractivity contribution in [3.8, 4) is 0 Å². The van der Waals surface area contributed by atoms with E-state index in [2.05, 4.69) is 0 Å². The Kier molecular flexibility index (Phi) is 4.39. The SMILES string of the molecule is CN(C(=O)[C@@H]1CC(=O)N(c2cccc(Cl)c2)C1)C1CCCC1. The number of amides is 2. The molecule has 1 atom stereocenters. The fraction of sp³-hybridized carbons (Fsp3) is 0.529. The molecule has 4 nitrogen and oxygen atoms in total. The topological polar surface area (TPSA) is 40.6 Å². The molecule has 0 unspecified atom stereocenters. The second-order valence-electron chi connectivity index (χ2n) is 6.27. The van der Waals surface area contributed by atoms with Crippen LogP contribution in [-0.2, 0) is 9.59 Å². The van der Waals surface area contributed by atoms with Crippen molar-refractivity contribution < 1.29 is 9.59 Å². The molecule has 0 N–H and O–H groups in total. The van der Waals surface area contributed by atoms with Gasteiger partial charge < -0.3 is 9.80 Å². The van der Waals surface area contributed by atoms with Gasteiger partial charge in [-0.1, -0.05) is 30.5 Å². The summed E-state index contributed by atoms with van der Waals surface area (Å²) >= 11 is 5.99. The molecule has 1 heterocycles. The zero-order valence-corrected chi connectivity index (χ0v) is 13.6. The lowest BCUT2D eigenvalue weighted by molar-refractivity contribution is -0.136. The lowest BCUT2D eigenvalue weighted by Gasteiger charge is -2.27. The van der Waals surface area contributed by atoms with Gasteiger partial charge in [0.25, 0.3) is 0 Å². The Bertz CT molecular complexity index is 584. The lowest BCUT2D eigenvalue weighted by Crippen LogP contribution is -2.40. The summed E-state index contributed by atoms with van der Waals surface area (Å²) in [7, 11) is 1.88. The average Bonchev–Trinajstić information content (AvgIpc) is 3.15. The predicted molar refractivity (Wildman–Crippen MR) is 86.9 cm³/mol. The first-order valence-corrected chi connectivity index (χ1v) is 8.26. The van der Waals surface area contributed by atoms with Crippen LogP contribution in [0.1, 0.15) is 32.1 Å². The Morgan fingerprint density at radius 3 is 2.73 bits per heavy atom. The van der Waals surface area contributed by atoms with E-state index in [-0.39, 0.29) is 17.7 Å². The minimum absolute atomic E-state index is 0.000406. The van der Waals surface area contributed by atoms with Crippen LogP contribution >= 0.6 is 11.6 Å². The zero-order valence-electron chi connectivity index (χ0n) is 12.8. The van der Waals surface area contributed by atoms with Crippen molar-refractivity contribution in [2.24, 2.45) is 5.92 Å². The smallest absolute Gasteiger partial charge is 0.228 e. The molecule has 0 radical (unpaired) electrons. The second kappa shape index (κ2) is 6.29. The normalized spacial score (nSPS) is 22.4. The summed E-state index contributed by atoms with van der Waals surface area (Å²) in [5.74, 6) is -0.137. The van der Waals surface area contributed by atoms with Crippen molar-refractivity contribution in [2.45, 2.75) is 38.1 Å². The molecule has 1 aliphatic heterocycles. The third-order valence-electron chi connectivity index (χ3n) is 4.81. The summed E-state index contributed by atoms with van der Waals surface area (Å²) in [6, 6.07) is 7.58. The molecule has 1 saturated heterocycles. The predicted octanol–water partition coefficient (Wildman–Crippen LogP) is 3.09. The van der Waals surface area contributed by atoms with Gasteiger partial charge in [0.15, 0.2) is 0 Å². The Morgan fingerprint density at radius 2 is 2.05 bits per heavy atom. The van der Waals surface area contributed by atoms with Gasteiger partial charge in [-0.2, -0.15) is 0 Å². The Hall–Kier alpha value is -1.55. The van der Waals surface area contributed by atoms with Crippen LogP contribution in [0.2, 0.25) is 5.02 Å². The van der Waals surface area contributed by atoms with Crippen molar-refractivity contribution >= 4 is 29.1 Å². The molecule has 3 rings (SSSR count). The molecule has 1 aromatic carbocycles. The van der Waals surface area contributed by atoms with Crippen molar-refractivity contribution in [2.75, 3.05) is 18.5 Å². The Balaban J connectivity index is 1.70. The maximum atomic E-state index is 12.6. The van der Waals surface area contributed by atoms with E-state index in [9.17, 15) is 9.59 Å². The minimum atomic E-state index is -0.239. The van der Waals surface area contributed by atoms with Gasteiger partial charge in [-0.25, -0.2) is 0 Å². The van der Waals surface area contributed by atoms with E-state index in [0.29, 0.717) is 24.0 Å². The molecule has 22 heavy (non-hydrogen) atoms. The highest BCUT2D eigenvalue weighted by atomic mass is 35.5. The number of nitrogens with zero attached hydrogens (tertiary/aromatic N) is 2. The number of hydrogen-bond donors (Lipinski definition) is 0. The summed E-state index contributed by atoms with van der Waals surface area (Å²) in [6.07, 6.45) is 4.85. The monoisotopic (exact) mass is 320 g/mol. The molecule has 0 aromatic heterocycles. The van der Waals surface area contributed by atoms with Gasteiger partial charge >= 0.3 is 0 Å². The van der Waals surface area contributed by atoms with E-state index in [1.54, 1.807) is 17.0 Å². The average molecular weight is 321 g/mol. The summed E-state index contributed by atoms with van der Waals surface area (Å²) in [5, 5.41) is 0.600. The molecule has 0 bridgehead atoms. The number of benzene rings is 1. The van der Waals surface area contributed by atoms with Gasteiger partial charge in [0, 0.05) is 36.8 Å². The fourth-order valence-electron chi connectivity index (χ4n) is 3.53. The highest BCUT2D eigenvalue weighted by molar-refractivity contribution is 6.30. The van der Waals surface area contributed by atoms with Gasteiger partial charge in [0.05, 0.1) is 5.92 Å². The number of anilines is 1. The molecule has 2 amide bonds. The van der Waals surface area contributed by atoms with Crippen molar-refractivity contribution in [1.29, 1.82) is 0 Å². The molecular formula is C17H21ClN2O2. The Morgan fingerprint density at radius 1 is 1.32 bits per heavy atom. The van der Waals surface area contributed by atoms with Crippen molar-refractivity contribution in [3.05, 3.63) is 29.3 Å². The van der Waals surface area contributed by atoms with Crippen LogP contribution in [0.3, 0.4) is 0 Å². The number of carbonyl (C=O) groups excluding carboxylic acids is 2. The highest BCUT2D eigenvalue weighted by Crippen LogP contribution is 2.30. The number of carbonyl (C=O) groups is 2. The van der Waals surface area contributed by atoms with E-state index in [1.165, 1.54) is 12.8 Å². The molecule has 0 spiro atoms. The van der Waals surface area contributed by atoms with Gasteiger partial charge in [-0.3, -0.25) is 9.59 Å². The number of rotatable bonds is 3. The lowest BCUT2D eigenvalue weighted by atomic mass is 10.1. The van der Waals surface area contributed by atoms with E-state index >= 15 is 0 Å². The van der Waals surface area contributed by atoms with Gasteiger partial charge in [0.2, 0.25) is 11.8 Å². The number of halogens is 1. The minimum Gasteiger partial charge on any atom is -0.342 e. The first-order chi connectivity index (χ1) is 10.6. The number of hydrogen-bond acceptors (Lipinski definition) is 2. The van der Waals surface area contributed by atoms with E-state index in [4.69, 9.17) is 11.6 Å². The molecule has 2 fully saturated rings. The van der Waals surface area contributed by atoms with Crippen LogP contribution < -0.4 is 4.90 Å². The third kappa shape index (κ3) is 2.98. The zero-order chi connectivity index (χ0) is 15.7. The molecule has 5 heteroatoms. The van der Waals surface area contributed by atoms with Crippen LogP contribution in [0.4, 0.5) is 5.69 Å². The molecule has 118 valence electrons. The highest BCUT2D eigenvalue weighted by Gasteiger charge is 2.38. The summed E-state index contributed by atoms with van der Waals surface area (Å²) in [6.45, 7) is 0.453. The van der Waals surface area contributed by atoms with Crippen molar-refractivity contribution in [3.63, 3.8) is 0 Å². The third-order valence-corrected chi connectivity index (χ3v) is 5.05. The largest absolute Gasteiger partial charge is 0.342 e. The molecule has 2 aliphatic rings. The maximum absolute atomic E-state index is 12.6. The van der Waals surface area contributed by atoms with Gasteiger partial charge in [0.1, 0.15) is 0 Å². The fourth-order valence-corrected chi connectivity index (χ4v) is 3.71. The van der Waals surface area contributed by atoms with Crippen LogP contribution in [0, 0.1) is 5.92 Å². The van der Waals surface area contributed by atoms with Crippen LogP contribution in [0.25, 0.3) is 0 Å². The Labute approximate surface area is 136 Å². The van der Waals surface area contributed by atoms with Crippen LogP contribution in [0.15, 0.2) is 24.3 Å². The molecule has 1 aliphatic carbocycles. The molecule has 1 aromatic rings. The second-order valence-corrected chi connectivity index (χ2v) is 6.71. The van der Waals surface area contributed by atoms with Gasteiger partial charge in [-0.05, 0) is 31.0 Å². The molecular weight excluding hydrogens is 300 g/mol.